The predicted octanol–water partition coefficient (Wildman–Crippen LogP) is 3.57. The van der Waals surface area contributed by atoms with Crippen molar-refractivity contribution in [1.82, 2.24) is 0 Å². The molecule has 0 aromatic carbocycles. The Morgan fingerprint density at radius 2 is 1.83 bits per heavy atom. The minimum absolute atomic E-state index is 0.0600. The van der Waals surface area contributed by atoms with Gasteiger partial charge in [-0.25, -0.2) is 0 Å². The molecule has 30 heavy (non-hydrogen) atoms. The van der Waals surface area contributed by atoms with Crippen molar-refractivity contribution in [3.8, 4) is 0 Å². The normalized spacial score (nSPS) is 45.1. The monoisotopic (exact) mass is 420 g/mol. The van der Waals surface area contributed by atoms with Crippen LogP contribution in [0, 0.1) is 23.7 Å². The summed E-state index contributed by atoms with van der Waals surface area (Å²) < 4.78 is 17.9. The Kier molecular flexibility index (Phi) is 6.49. The number of esters is 2. The molecule has 2 bridgehead atoms. The van der Waals surface area contributed by atoms with Gasteiger partial charge in [0, 0.05) is 32.1 Å². The lowest BCUT2D eigenvalue weighted by Crippen LogP contribution is -2.57. The quantitative estimate of drug-likeness (QED) is 0.555. The number of carbonyl (C=O) groups is 2. The number of hydrogen-bond acceptors (Lipinski definition) is 6. The molecule has 0 aromatic rings. The molecule has 2 heterocycles. The fourth-order valence-electron chi connectivity index (χ4n) is 5.93. The van der Waals surface area contributed by atoms with Gasteiger partial charge in [0.25, 0.3) is 0 Å². The van der Waals surface area contributed by atoms with Crippen LogP contribution in [-0.4, -0.2) is 47.1 Å². The molecule has 0 unspecified atom stereocenters. The summed E-state index contributed by atoms with van der Waals surface area (Å²) in [6, 6.07) is 0. The highest BCUT2D eigenvalue weighted by Gasteiger charge is 2.62. The van der Waals surface area contributed by atoms with Crippen molar-refractivity contribution >= 4 is 11.9 Å². The van der Waals surface area contributed by atoms with Crippen LogP contribution in [0.4, 0.5) is 0 Å². The van der Waals surface area contributed by atoms with Crippen LogP contribution in [0.3, 0.4) is 0 Å². The van der Waals surface area contributed by atoms with Crippen LogP contribution in [0.1, 0.15) is 60.8 Å². The number of rotatable bonds is 3. The summed E-state index contributed by atoms with van der Waals surface area (Å²) in [5.74, 6) is -0.584. The first-order valence-electron chi connectivity index (χ1n) is 11.0. The summed E-state index contributed by atoms with van der Waals surface area (Å²) in [5, 5.41) is 11.7. The van der Waals surface area contributed by atoms with Gasteiger partial charge in [0.1, 0.15) is 17.8 Å². The van der Waals surface area contributed by atoms with Crippen molar-refractivity contribution in [2.45, 2.75) is 90.8 Å². The third kappa shape index (κ3) is 4.22. The highest BCUT2D eigenvalue weighted by molar-refractivity contribution is 5.66. The Balaban J connectivity index is 2.10. The van der Waals surface area contributed by atoms with E-state index in [9.17, 15) is 14.7 Å². The molecule has 6 heteroatoms. The summed E-state index contributed by atoms with van der Waals surface area (Å²) in [6.07, 6.45) is 2.21. The van der Waals surface area contributed by atoms with Crippen molar-refractivity contribution in [1.29, 1.82) is 0 Å². The van der Waals surface area contributed by atoms with Crippen LogP contribution < -0.4 is 0 Å². The highest BCUT2D eigenvalue weighted by Crippen LogP contribution is 2.55. The van der Waals surface area contributed by atoms with E-state index in [0.717, 1.165) is 17.6 Å². The molecule has 0 amide bonds. The van der Waals surface area contributed by atoms with Gasteiger partial charge in [-0.2, -0.15) is 0 Å². The van der Waals surface area contributed by atoms with Gasteiger partial charge < -0.3 is 19.3 Å². The molecule has 0 aromatic heterocycles. The zero-order valence-corrected chi connectivity index (χ0v) is 19.0. The topological polar surface area (TPSA) is 82.1 Å². The van der Waals surface area contributed by atoms with Crippen molar-refractivity contribution in [2.75, 3.05) is 0 Å². The van der Waals surface area contributed by atoms with Gasteiger partial charge in [0.2, 0.25) is 0 Å². The van der Waals surface area contributed by atoms with Gasteiger partial charge in [0.15, 0.2) is 0 Å². The molecule has 3 aliphatic rings. The Morgan fingerprint density at radius 3 is 2.40 bits per heavy atom. The van der Waals surface area contributed by atoms with E-state index in [4.69, 9.17) is 14.2 Å². The predicted molar refractivity (Wildman–Crippen MR) is 112 cm³/mol. The smallest absolute Gasteiger partial charge is 0.303 e. The highest BCUT2D eigenvalue weighted by atomic mass is 16.6. The number of aliphatic hydroxyl groups is 1. The van der Waals surface area contributed by atoms with Crippen LogP contribution in [0.5, 0.6) is 0 Å². The molecule has 0 radical (unpaired) electrons. The van der Waals surface area contributed by atoms with Crippen LogP contribution in [0.25, 0.3) is 0 Å². The fourth-order valence-corrected chi connectivity index (χ4v) is 5.93. The minimum atomic E-state index is -1.39. The number of allylic oxidation sites excluding steroid dienone is 1. The number of hydrogen-bond donors (Lipinski definition) is 1. The summed E-state index contributed by atoms with van der Waals surface area (Å²) >= 11 is 0. The van der Waals surface area contributed by atoms with Crippen molar-refractivity contribution in [2.24, 2.45) is 23.7 Å². The summed E-state index contributed by atoms with van der Waals surface area (Å²) in [4.78, 5) is 23.7. The van der Waals surface area contributed by atoms with Gasteiger partial charge in [-0.3, -0.25) is 9.59 Å². The Hall–Kier alpha value is -1.66. The zero-order valence-electron chi connectivity index (χ0n) is 19.0. The van der Waals surface area contributed by atoms with Crippen molar-refractivity contribution < 1.29 is 28.9 Å². The molecule has 1 N–H and O–H groups in total. The van der Waals surface area contributed by atoms with E-state index in [1.165, 1.54) is 13.8 Å². The fraction of sp³-hybridized carbons (Fsp3) is 0.750. The lowest BCUT2D eigenvalue weighted by atomic mass is 9.60. The van der Waals surface area contributed by atoms with Crippen molar-refractivity contribution in [3.63, 3.8) is 0 Å². The summed E-state index contributed by atoms with van der Waals surface area (Å²) in [6.45, 7) is 14.9. The van der Waals surface area contributed by atoms with Gasteiger partial charge >= 0.3 is 11.9 Å². The minimum Gasteiger partial charge on any atom is -0.462 e. The van der Waals surface area contributed by atoms with Gasteiger partial charge in [-0.15, -0.1) is 0 Å². The molecular formula is C24H36O6. The van der Waals surface area contributed by atoms with Crippen molar-refractivity contribution in [3.05, 3.63) is 23.8 Å². The third-order valence-electron chi connectivity index (χ3n) is 7.25. The number of fused-ring (bicyclic) bond motifs is 5. The van der Waals surface area contributed by atoms with Crippen LogP contribution in [-0.2, 0) is 23.8 Å². The van der Waals surface area contributed by atoms with E-state index in [0.29, 0.717) is 12.8 Å². The van der Waals surface area contributed by atoms with E-state index in [1.807, 2.05) is 19.9 Å². The largest absolute Gasteiger partial charge is 0.462 e. The standard InChI is InChI=1S/C24H36O6/c1-12(2)17-11-14(4)22(29-16(6)26)21-18-10-13(3)8-9-19(28-15(5)25)24(7,27)23(30-18)20(17)21/h8,14,17-23,27H,1,9-11H2,2-7H3/b13-8-/t14-,17+,18+,19-,20+,21+,22-,23+,24+/m0/s1. The number of ether oxygens (including phenoxy) is 3. The lowest BCUT2D eigenvalue weighted by Gasteiger charge is -2.47. The van der Waals surface area contributed by atoms with Gasteiger partial charge in [-0.1, -0.05) is 30.7 Å². The molecule has 168 valence electrons. The van der Waals surface area contributed by atoms with Crippen LogP contribution in [0.15, 0.2) is 23.8 Å². The van der Waals surface area contributed by atoms with Gasteiger partial charge in [-0.05, 0) is 45.4 Å². The molecule has 9 atom stereocenters. The molecule has 2 fully saturated rings. The number of carbonyl (C=O) groups excluding carboxylic acids is 2. The van der Waals surface area contributed by atoms with E-state index < -0.39 is 23.8 Å². The maximum atomic E-state index is 11.9. The Morgan fingerprint density at radius 1 is 1.20 bits per heavy atom. The maximum Gasteiger partial charge on any atom is 0.303 e. The second-order valence-electron chi connectivity index (χ2n) is 9.80. The molecular weight excluding hydrogens is 384 g/mol. The molecule has 6 nitrogen and oxygen atoms in total. The molecule has 1 saturated heterocycles. The molecule has 2 aliphatic heterocycles. The summed E-state index contributed by atoms with van der Waals surface area (Å²) in [7, 11) is 0. The molecule has 1 aliphatic carbocycles. The first-order valence-corrected chi connectivity index (χ1v) is 11.0. The van der Waals surface area contributed by atoms with Gasteiger partial charge in [0.05, 0.1) is 12.2 Å². The third-order valence-corrected chi connectivity index (χ3v) is 7.25. The van der Waals surface area contributed by atoms with E-state index in [2.05, 4.69) is 13.5 Å². The average Bonchev–Trinajstić information content (AvgIpc) is 3.00. The maximum absolute atomic E-state index is 11.9. The first-order chi connectivity index (χ1) is 13.9. The lowest BCUT2D eigenvalue weighted by molar-refractivity contribution is -0.188. The molecule has 1 saturated carbocycles. The summed E-state index contributed by atoms with van der Waals surface area (Å²) in [5.41, 5.74) is 0.761. The SMILES string of the molecule is C=C(C)[C@H]1C[C@H](C)[C@H](OC(C)=O)[C@H]2[C@@H]1[C@H]1O[C@@H]2C/C(C)=C\C[C@H](OC(C)=O)[C@@]1(C)O. The second-order valence-corrected chi connectivity index (χ2v) is 9.80. The van der Waals surface area contributed by atoms with Crippen LogP contribution >= 0.6 is 0 Å². The average molecular weight is 421 g/mol. The zero-order chi connectivity index (χ0) is 22.4. The van der Waals surface area contributed by atoms with E-state index in [1.54, 1.807) is 6.92 Å². The first kappa shape index (κ1) is 23.0. The molecule has 0 spiro atoms. The van der Waals surface area contributed by atoms with E-state index >= 15 is 0 Å². The second kappa shape index (κ2) is 8.46. The van der Waals surface area contributed by atoms with E-state index in [-0.39, 0.29) is 41.8 Å². The van der Waals surface area contributed by atoms with Crippen LogP contribution in [0.2, 0.25) is 0 Å². The molecule has 3 rings (SSSR count). The Bertz CT molecular complexity index is 738. The Labute approximate surface area is 179 Å².